The highest BCUT2D eigenvalue weighted by Crippen LogP contribution is 2.28. The van der Waals surface area contributed by atoms with E-state index < -0.39 is 11.9 Å². The molecule has 0 aromatic heterocycles. The van der Waals surface area contributed by atoms with Gasteiger partial charge >= 0.3 is 0 Å². The molecule has 0 bridgehead atoms. The number of fused-ring (bicyclic) bond motifs is 1. The minimum Gasteiger partial charge on any atom is -0.489 e. The smallest absolute Gasteiger partial charge is 0.284 e. The molecule has 0 fully saturated rings. The number of hydrogen-bond donors (Lipinski definition) is 2. The quantitative estimate of drug-likeness (QED) is 0.811. The van der Waals surface area contributed by atoms with Gasteiger partial charge in [0.1, 0.15) is 12.4 Å². The van der Waals surface area contributed by atoms with Crippen LogP contribution in [0.4, 0.5) is 0 Å². The summed E-state index contributed by atoms with van der Waals surface area (Å²) in [6.45, 7) is 0.429. The van der Waals surface area contributed by atoms with E-state index in [4.69, 9.17) is 27.8 Å². The van der Waals surface area contributed by atoms with E-state index in [-0.39, 0.29) is 11.8 Å². The van der Waals surface area contributed by atoms with Crippen molar-refractivity contribution in [2.24, 2.45) is 26.4 Å². The van der Waals surface area contributed by atoms with Crippen molar-refractivity contribution in [3.8, 4) is 5.75 Å². The van der Waals surface area contributed by atoms with Gasteiger partial charge in [0.15, 0.2) is 5.84 Å². The molecule has 0 spiro atoms. The number of benzene rings is 2. The molecule has 1 unspecified atom stereocenters. The number of guanidine groups is 1. The Morgan fingerprint density at radius 3 is 2.46 bits per heavy atom. The molecule has 0 radical (unpaired) electrons. The van der Waals surface area contributed by atoms with Gasteiger partial charge in [-0.2, -0.15) is 9.98 Å². The normalized spacial score (nSPS) is 16.6. The molecule has 0 aliphatic carbocycles. The number of ether oxygens (including phenoxy) is 1. The fourth-order valence-corrected chi connectivity index (χ4v) is 3.05. The molecule has 0 saturated carbocycles. The first-order valence-electron chi connectivity index (χ1n) is 8.50. The van der Waals surface area contributed by atoms with Gasteiger partial charge in [0.25, 0.3) is 5.91 Å². The van der Waals surface area contributed by atoms with Gasteiger partial charge in [0.05, 0.1) is 11.6 Å². The Hall–Kier alpha value is -3.29. The molecule has 28 heavy (non-hydrogen) atoms. The van der Waals surface area contributed by atoms with Gasteiger partial charge in [-0.25, -0.2) is 4.99 Å². The molecule has 4 N–H and O–H groups in total. The van der Waals surface area contributed by atoms with Crippen molar-refractivity contribution in [2.75, 3.05) is 0 Å². The predicted octanol–water partition coefficient (Wildman–Crippen LogP) is 2.55. The van der Waals surface area contributed by atoms with Crippen LogP contribution in [0.2, 0.25) is 5.02 Å². The van der Waals surface area contributed by atoms with Crippen LogP contribution in [-0.4, -0.2) is 23.9 Å². The molecule has 4 rings (SSSR count). The Labute approximate surface area is 166 Å². The van der Waals surface area contributed by atoms with Gasteiger partial charge in [-0.3, -0.25) is 4.79 Å². The highest BCUT2D eigenvalue weighted by molar-refractivity contribution is 6.34. The van der Waals surface area contributed by atoms with Gasteiger partial charge in [0.2, 0.25) is 5.96 Å². The first kappa shape index (κ1) is 18.1. The van der Waals surface area contributed by atoms with Crippen LogP contribution in [0.3, 0.4) is 0 Å². The summed E-state index contributed by atoms with van der Waals surface area (Å²) in [7, 11) is 0. The molecule has 1 amide bonds. The molecule has 140 valence electrons. The predicted molar refractivity (Wildman–Crippen MR) is 109 cm³/mol. The summed E-state index contributed by atoms with van der Waals surface area (Å²) in [5.41, 5.74) is 14.5. The Morgan fingerprint density at radius 1 is 1.04 bits per heavy atom. The first-order chi connectivity index (χ1) is 13.5. The number of hydrogen-bond acceptors (Lipinski definition) is 6. The summed E-state index contributed by atoms with van der Waals surface area (Å²) in [5.74, 6) is 0.383. The van der Waals surface area contributed by atoms with Crippen LogP contribution in [0.1, 0.15) is 17.2 Å². The second kappa shape index (κ2) is 7.38. The maximum absolute atomic E-state index is 12.2. The van der Waals surface area contributed by atoms with Crippen LogP contribution in [-0.2, 0) is 11.4 Å². The van der Waals surface area contributed by atoms with Crippen molar-refractivity contribution >= 4 is 35.5 Å². The lowest BCUT2D eigenvalue weighted by atomic mass is 9.96. The summed E-state index contributed by atoms with van der Waals surface area (Å²) in [5, 5.41) is 0.686. The van der Waals surface area contributed by atoms with E-state index in [1.165, 1.54) is 6.21 Å². The molecule has 8 heteroatoms. The van der Waals surface area contributed by atoms with Crippen molar-refractivity contribution in [1.82, 2.24) is 0 Å². The lowest BCUT2D eigenvalue weighted by Gasteiger charge is -2.15. The molecule has 7 nitrogen and oxygen atoms in total. The van der Waals surface area contributed by atoms with Crippen LogP contribution in [0, 0.1) is 0 Å². The minimum absolute atomic E-state index is 0.0992. The molecule has 0 saturated heterocycles. The number of halogens is 1. The van der Waals surface area contributed by atoms with Crippen LogP contribution in [0.15, 0.2) is 74.7 Å². The SMILES string of the molecule is NC1=NC(=O)C2=C(C(N)c3ccc(OCc4ccc(Cl)cc4)cc3)C=NC2=N1. The standard InChI is InChI=1S/C20H16ClN5O2/c21-13-5-1-11(2-6-13)10-28-14-7-3-12(4-8-14)17(22)15-9-24-18-16(15)19(27)26-20(23)25-18/h1-9,17H,10,22H2,(H2,23,26,27). The fraction of sp³-hybridized carbons (Fsp3) is 0.100. The molecule has 1 atom stereocenters. The van der Waals surface area contributed by atoms with E-state index in [9.17, 15) is 4.79 Å². The Morgan fingerprint density at radius 2 is 1.75 bits per heavy atom. The number of nitrogens with zero attached hydrogens (tertiary/aromatic N) is 3. The zero-order valence-corrected chi connectivity index (χ0v) is 15.4. The number of amides is 1. The Balaban J connectivity index is 1.48. The van der Waals surface area contributed by atoms with Gasteiger partial charge in [-0.1, -0.05) is 35.9 Å². The largest absolute Gasteiger partial charge is 0.489 e. The highest BCUT2D eigenvalue weighted by atomic mass is 35.5. The van der Waals surface area contributed by atoms with E-state index >= 15 is 0 Å². The van der Waals surface area contributed by atoms with Crippen LogP contribution < -0.4 is 16.2 Å². The van der Waals surface area contributed by atoms with Gasteiger partial charge in [0, 0.05) is 16.8 Å². The molecule has 2 aliphatic rings. The van der Waals surface area contributed by atoms with Gasteiger partial charge in [-0.15, -0.1) is 0 Å². The van der Waals surface area contributed by atoms with Crippen LogP contribution >= 0.6 is 11.6 Å². The minimum atomic E-state index is -0.546. The lowest BCUT2D eigenvalue weighted by Crippen LogP contribution is -2.24. The average Bonchev–Trinajstić information content (AvgIpc) is 3.11. The zero-order chi connectivity index (χ0) is 19.7. The monoisotopic (exact) mass is 393 g/mol. The molecule has 2 aromatic rings. The number of rotatable bonds is 5. The van der Waals surface area contributed by atoms with Crippen molar-refractivity contribution in [1.29, 1.82) is 0 Å². The summed E-state index contributed by atoms with van der Waals surface area (Å²) in [6, 6.07) is 14.3. The summed E-state index contributed by atoms with van der Waals surface area (Å²) >= 11 is 5.88. The molecule has 2 aliphatic heterocycles. The van der Waals surface area contributed by atoms with Crippen LogP contribution in [0.25, 0.3) is 0 Å². The molecular formula is C20H16ClN5O2. The zero-order valence-electron chi connectivity index (χ0n) is 14.7. The Kier molecular flexibility index (Phi) is 4.77. The van der Waals surface area contributed by atoms with E-state index in [1.807, 2.05) is 48.5 Å². The fourth-order valence-electron chi connectivity index (χ4n) is 2.92. The molecule has 2 heterocycles. The van der Waals surface area contributed by atoms with Crippen molar-refractivity contribution in [2.45, 2.75) is 12.6 Å². The maximum atomic E-state index is 12.2. The summed E-state index contributed by atoms with van der Waals surface area (Å²) in [4.78, 5) is 23.9. The topological polar surface area (TPSA) is 115 Å². The van der Waals surface area contributed by atoms with E-state index in [0.29, 0.717) is 28.5 Å². The highest BCUT2D eigenvalue weighted by Gasteiger charge is 2.31. The van der Waals surface area contributed by atoms with Crippen molar-refractivity contribution in [3.63, 3.8) is 0 Å². The number of amidine groups is 1. The van der Waals surface area contributed by atoms with Crippen LogP contribution in [0.5, 0.6) is 5.75 Å². The third-order valence-corrected chi connectivity index (χ3v) is 4.63. The first-order valence-corrected chi connectivity index (χ1v) is 8.87. The van der Waals surface area contributed by atoms with E-state index in [0.717, 1.165) is 11.1 Å². The van der Waals surface area contributed by atoms with Crippen molar-refractivity contribution in [3.05, 3.63) is 75.8 Å². The number of nitrogens with two attached hydrogens (primary N) is 2. The van der Waals surface area contributed by atoms with Crippen molar-refractivity contribution < 1.29 is 9.53 Å². The average molecular weight is 394 g/mol. The number of carbonyl (C=O) groups is 1. The number of aliphatic imine (C=N–C) groups is 3. The summed E-state index contributed by atoms with van der Waals surface area (Å²) in [6.07, 6.45) is 1.54. The molecular weight excluding hydrogens is 378 g/mol. The maximum Gasteiger partial charge on any atom is 0.284 e. The molecule has 2 aromatic carbocycles. The van der Waals surface area contributed by atoms with E-state index in [1.54, 1.807) is 0 Å². The lowest BCUT2D eigenvalue weighted by molar-refractivity contribution is -0.114. The third-order valence-electron chi connectivity index (χ3n) is 4.38. The second-order valence-electron chi connectivity index (χ2n) is 6.26. The number of carbonyl (C=O) groups excluding carboxylic acids is 1. The second-order valence-corrected chi connectivity index (χ2v) is 6.70. The van der Waals surface area contributed by atoms with Gasteiger partial charge < -0.3 is 16.2 Å². The Bertz CT molecular complexity index is 1050. The van der Waals surface area contributed by atoms with Gasteiger partial charge in [-0.05, 0) is 35.4 Å². The summed E-state index contributed by atoms with van der Waals surface area (Å²) < 4.78 is 5.78. The third kappa shape index (κ3) is 3.58. The van der Waals surface area contributed by atoms with E-state index in [2.05, 4.69) is 15.0 Å².